The molecule has 0 unspecified atom stereocenters. The Morgan fingerprint density at radius 1 is 1.30 bits per heavy atom. The van der Waals surface area contributed by atoms with Crippen LogP contribution in [0.3, 0.4) is 0 Å². The molecule has 0 aromatic rings. The van der Waals surface area contributed by atoms with Crippen molar-refractivity contribution in [3.8, 4) is 0 Å². The summed E-state index contributed by atoms with van der Waals surface area (Å²) in [5, 5.41) is 0. The second kappa shape index (κ2) is 4.89. The van der Waals surface area contributed by atoms with Crippen LogP contribution in [0.25, 0.3) is 0 Å². The largest absolute Gasteiger partial charge is 0.331 e. The monoisotopic (exact) mass is 165 g/mol. The molecule has 0 aliphatic carbocycles. The standard InChI is InChI=1S/C6H14O3P/c1-4-8-10(7,6-3)9-5-2/h6H,4-5H2,1-3H3/q-1. The molecule has 0 aliphatic heterocycles. The minimum Gasteiger partial charge on any atom is -0.331 e. The predicted molar refractivity (Wildman–Crippen MR) is 40.8 cm³/mol. The second-order valence-electron chi connectivity index (χ2n) is 1.63. The first-order valence-corrected chi connectivity index (χ1v) is 4.99. The molecule has 0 saturated heterocycles. The van der Waals surface area contributed by atoms with Crippen molar-refractivity contribution < 1.29 is 13.6 Å². The van der Waals surface area contributed by atoms with Crippen LogP contribution in [0.1, 0.15) is 20.8 Å². The molecule has 0 radical (unpaired) electrons. The van der Waals surface area contributed by atoms with Crippen LogP contribution >= 0.6 is 7.60 Å². The maximum atomic E-state index is 11.3. The fraction of sp³-hybridized carbons (Fsp3) is 0.833. The topological polar surface area (TPSA) is 35.5 Å². The summed E-state index contributed by atoms with van der Waals surface area (Å²) in [6.07, 6.45) is 1.47. The zero-order valence-corrected chi connectivity index (χ0v) is 7.56. The van der Waals surface area contributed by atoms with E-state index in [2.05, 4.69) is 0 Å². The molecule has 0 aromatic heterocycles. The molecule has 0 rings (SSSR count). The minimum absolute atomic E-state index is 0.418. The van der Waals surface area contributed by atoms with Crippen LogP contribution in [-0.4, -0.2) is 13.2 Å². The van der Waals surface area contributed by atoms with Crippen LogP contribution in [0.5, 0.6) is 0 Å². The lowest BCUT2D eigenvalue weighted by Crippen LogP contribution is -1.93. The average Bonchev–Trinajstić information content (AvgIpc) is 1.89. The molecular weight excluding hydrogens is 151 g/mol. The van der Waals surface area contributed by atoms with Gasteiger partial charge in [0.1, 0.15) is 0 Å². The Morgan fingerprint density at radius 3 is 1.90 bits per heavy atom. The van der Waals surface area contributed by atoms with Gasteiger partial charge in [-0.15, -0.1) is 0 Å². The first kappa shape index (κ1) is 10.2. The fourth-order valence-corrected chi connectivity index (χ4v) is 1.64. The number of hydrogen-bond donors (Lipinski definition) is 0. The Morgan fingerprint density at radius 2 is 1.70 bits per heavy atom. The smallest absolute Gasteiger partial charge is 0.187 e. The van der Waals surface area contributed by atoms with Crippen LogP contribution in [0.4, 0.5) is 0 Å². The normalized spacial score (nSPS) is 11.9. The van der Waals surface area contributed by atoms with Gasteiger partial charge in [0.25, 0.3) is 0 Å². The van der Waals surface area contributed by atoms with Crippen molar-refractivity contribution in [2.75, 3.05) is 13.2 Å². The molecule has 0 aliphatic rings. The number of rotatable bonds is 5. The van der Waals surface area contributed by atoms with Crippen molar-refractivity contribution in [1.29, 1.82) is 0 Å². The molecule has 0 saturated carbocycles. The quantitative estimate of drug-likeness (QED) is 0.463. The van der Waals surface area contributed by atoms with Gasteiger partial charge in [-0.25, -0.2) is 6.16 Å². The molecule has 0 fully saturated rings. The first-order valence-electron chi connectivity index (χ1n) is 3.37. The Kier molecular flexibility index (Phi) is 4.96. The summed E-state index contributed by atoms with van der Waals surface area (Å²) >= 11 is 0. The minimum atomic E-state index is -2.83. The third-order valence-corrected chi connectivity index (χ3v) is 2.80. The van der Waals surface area contributed by atoms with Gasteiger partial charge < -0.3 is 9.05 Å². The third kappa shape index (κ3) is 3.35. The molecule has 0 atom stereocenters. The Hall–Kier alpha value is 0.150. The van der Waals surface area contributed by atoms with Gasteiger partial charge >= 0.3 is 0 Å². The van der Waals surface area contributed by atoms with Crippen LogP contribution in [-0.2, 0) is 13.6 Å². The van der Waals surface area contributed by atoms with Crippen molar-refractivity contribution in [3.05, 3.63) is 6.16 Å². The van der Waals surface area contributed by atoms with Crippen LogP contribution < -0.4 is 0 Å². The van der Waals surface area contributed by atoms with Crippen molar-refractivity contribution in [1.82, 2.24) is 0 Å². The average molecular weight is 165 g/mol. The van der Waals surface area contributed by atoms with E-state index in [1.807, 2.05) is 0 Å². The highest BCUT2D eigenvalue weighted by molar-refractivity contribution is 7.56. The van der Waals surface area contributed by atoms with Gasteiger partial charge in [-0.05, 0) is 13.8 Å². The van der Waals surface area contributed by atoms with Crippen molar-refractivity contribution in [3.63, 3.8) is 0 Å². The lowest BCUT2D eigenvalue weighted by molar-refractivity contribution is 0.225. The number of hydrogen-bond acceptors (Lipinski definition) is 3. The first-order chi connectivity index (χ1) is 4.68. The molecular formula is C6H14O3P-. The summed E-state index contributed by atoms with van der Waals surface area (Å²) in [6.45, 7) is 6.08. The van der Waals surface area contributed by atoms with Gasteiger partial charge in [0.05, 0.1) is 13.2 Å². The summed E-state index contributed by atoms with van der Waals surface area (Å²) in [5.74, 6) is 0. The van der Waals surface area contributed by atoms with E-state index in [1.54, 1.807) is 20.8 Å². The van der Waals surface area contributed by atoms with Crippen LogP contribution in [0, 0.1) is 6.16 Å². The highest BCUT2D eigenvalue weighted by Crippen LogP contribution is 2.50. The Labute approximate surface area is 62.3 Å². The SMILES string of the molecule is C[CH-]P(=O)(OCC)OCC. The van der Waals surface area contributed by atoms with E-state index < -0.39 is 7.60 Å². The van der Waals surface area contributed by atoms with E-state index in [9.17, 15) is 4.57 Å². The Balaban J connectivity index is 3.83. The second-order valence-corrected chi connectivity index (χ2v) is 3.75. The molecule has 0 amide bonds. The molecule has 0 bridgehead atoms. The van der Waals surface area contributed by atoms with E-state index in [1.165, 1.54) is 6.16 Å². The molecule has 0 N–H and O–H groups in total. The molecule has 0 spiro atoms. The summed E-state index contributed by atoms with van der Waals surface area (Å²) in [6, 6.07) is 0. The zero-order chi connectivity index (χ0) is 8.04. The maximum Gasteiger partial charge on any atom is 0.187 e. The van der Waals surface area contributed by atoms with E-state index in [-0.39, 0.29) is 0 Å². The highest BCUT2D eigenvalue weighted by Gasteiger charge is 2.08. The van der Waals surface area contributed by atoms with Crippen molar-refractivity contribution in [2.24, 2.45) is 0 Å². The lowest BCUT2D eigenvalue weighted by atomic mass is 10.9. The predicted octanol–water partition coefficient (Wildman–Crippen LogP) is 2.43. The molecule has 3 nitrogen and oxygen atoms in total. The van der Waals surface area contributed by atoms with Gasteiger partial charge in [-0.1, -0.05) is 0 Å². The summed E-state index contributed by atoms with van der Waals surface area (Å²) in [5.41, 5.74) is 0. The summed E-state index contributed by atoms with van der Waals surface area (Å²) in [4.78, 5) is 0. The van der Waals surface area contributed by atoms with Gasteiger partial charge in [0, 0.05) is 0 Å². The summed E-state index contributed by atoms with van der Waals surface area (Å²) < 4.78 is 21.1. The van der Waals surface area contributed by atoms with E-state index in [4.69, 9.17) is 9.05 Å². The molecule has 0 aromatic carbocycles. The van der Waals surface area contributed by atoms with Crippen molar-refractivity contribution in [2.45, 2.75) is 20.8 Å². The fourth-order valence-electron chi connectivity index (χ4n) is 0.546. The van der Waals surface area contributed by atoms with Crippen molar-refractivity contribution >= 4 is 7.60 Å². The third-order valence-electron chi connectivity index (χ3n) is 0.934. The van der Waals surface area contributed by atoms with Gasteiger partial charge in [-0.3, -0.25) is 4.57 Å². The maximum absolute atomic E-state index is 11.3. The van der Waals surface area contributed by atoms with Crippen LogP contribution in [0.2, 0.25) is 0 Å². The lowest BCUT2D eigenvalue weighted by Gasteiger charge is -2.22. The van der Waals surface area contributed by atoms with E-state index in [0.717, 1.165) is 0 Å². The summed E-state index contributed by atoms with van der Waals surface area (Å²) in [7, 11) is -2.83. The van der Waals surface area contributed by atoms with E-state index >= 15 is 0 Å². The highest BCUT2D eigenvalue weighted by atomic mass is 31.2. The van der Waals surface area contributed by atoms with Gasteiger partial charge in [0.15, 0.2) is 7.60 Å². The van der Waals surface area contributed by atoms with Gasteiger partial charge in [-0.2, -0.15) is 6.92 Å². The Bertz CT molecular complexity index is 114. The molecule has 0 heterocycles. The zero-order valence-electron chi connectivity index (χ0n) is 6.66. The van der Waals surface area contributed by atoms with E-state index in [0.29, 0.717) is 13.2 Å². The molecule has 4 heteroatoms. The molecule has 10 heavy (non-hydrogen) atoms. The van der Waals surface area contributed by atoms with Crippen LogP contribution in [0.15, 0.2) is 0 Å². The van der Waals surface area contributed by atoms with Gasteiger partial charge in [0.2, 0.25) is 0 Å². The molecule has 62 valence electrons.